The number of hydrogen-bond donors (Lipinski definition) is 0. The number of piperazine rings is 1. The number of carbonyl (C=O) groups excluding carboxylic acids is 1. The van der Waals surface area contributed by atoms with Crippen LogP contribution in [0, 0.1) is 0 Å². The molecule has 0 radical (unpaired) electrons. The number of benzene rings is 1. The normalized spacial score (nSPS) is 28.0. The zero-order chi connectivity index (χ0) is 22.2. The number of ether oxygens (including phenoxy) is 1. The highest BCUT2D eigenvalue weighted by molar-refractivity contribution is 6.42. The molecule has 3 aliphatic heterocycles. The van der Waals surface area contributed by atoms with Gasteiger partial charge in [0.1, 0.15) is 0 Å². The molecule has 172 valence electrons. The largest absolute Gasteiger partial charge is 0.378 e. The Morgan fingerprint density at radius 2 is 1.81 bits per heavy atom. The monoisotopic (exact) mass is 475 g/mol. The maximum absolute atomic E-state index is 13.9. The molecule has 3 aliphatic rings. The number of rotatable bonds is 5. The molecule has 1 aromatic rings. The summed E-state index contributed by atoms with van der Waals surface area (Å²) in [5, 5.41) is 0.867. The summed E-state index contributed by atoms with van der Waals surface area (Å²) in [5.41, 5.74) is 0.795. The van der Waals surface area contributed by atoms with Gasteiger partial charge in [-0.3, -0.25) is 14.6 Å². The van der Waals surface area contributed by atoms with Gasteiger partial charge in [0.15, 0.2) is 0 Å². The van der Waals surface area contributed by atoms with E-state index in [-0.39, 0.29) is 37.0 Å². The molecule has 9 heteroatoms. The average molecular weight is 476 g/mol. The van der Waals surface area contributed by atoms with E-state index in [9.17, 15) is 13.6 Å². The van der Waals surface area contributed by atoms with Crippen molar-refractivity contribution in [2.24, 2.45) is 0 Å². The third-order valence-electron chi connectivity index (χ3n) is 6.57. The molecule has 5 nitrogen and oxygen atoms in total. The fraction of sp³-hybridized carbons (Fsp3) is 0.682. The van der Waals surface area contributed by atoms with Crippen LogP contribution in [-0.4, -0.2) is 90.6 Å². The Hall–Kier alpha value is -0.990. The maximum atomic E-state index is 13.9. The van der Waals surface area contributed by atoms with Crippen molar-refractivity contribution in [1.82, 2.24) is 14.7 Å². The summed E-state index contributed by atoms with van der Waals surface area (Å²) in [6.45, 7) is 4.27. The molecule has 1 amide bonds. The molecule has 31 heavy (non-hydrogen) atoms. The predicted octanol–water partition coefficient (Wildman–Crippen LogP) is 3.57. The quantitative estimate of drug-likeness (QED) is 0.652. The van der Waals surface area contributed by atoms with Crippen LogP contribution >= 0.6 is 23.2 Å². The molecule has 0 spiro atoms. The van der Waals surface area contributed by atoms with Gasteiger partial charge in [0.05, 0.1) is 54.4 Å². The van der Waals surface area contributed by atoms with E-state index in [4.69, 9.17) is 27.9 Å². The van der Waals surface area contributed by atoms with Gasteiger partial charge in [0.2, 0.25) is 5.91 Å². The van der Waals surface area contributed by atoms with Crippen LogP contribution in [-0.2, 0) is 16.0 Å². The number of fused-ring (bicyclic) bond motifs is 1. The number of carbonyl (C=O) groups is 1. The first kappa shape index (κ1) is 23.2. The van der Waals surface area contributed by atoms with Gasteiger partial charge in [-0.2, -0.15) is 0 Å². The van der Waals surface area contributed by atoms with Crippen LogP contribution in [0.2, 0.25) is 10.0 Å². The molecule has 4 rings (SSSR count). The topological polar surface area (TPSA) is 36.0 Å². The summed E-state index contributed by atoms with van der Waals surface area (Å²) in [6.07, 6.45) is 2.43. The Morgan fingerprint density at radius 3 is 2.48 bits per heavy atom. The predicted molar refractivity (Wildman–Crippen MR) is 117 cm³/mol. The van der Waals surface area contributed by atoms with Crippen molar-refractivity contribution in [2.45, 2.75) is 50.2 Å². The van der Waals surface area contributed by atoms with E-state index in [1.807, 2.05) is 9.80 Å². The van der Waals surface area contributed by atoms with Crippen molar-refractivity contribution in [1.29, 1.82) is 0 Å². The van der Waals surface area contributed by atoms with Gasteiger partial charge in [-0.15, -0.1) is 0 Å². The lowest BCUT2D eigenvalue weighted by molar-refractivity contribution is -0.157. The van der Waals surface area contributed by atoms with Crippen LogP contribution in [0.5, 0.6) is 0 Å². The zero-order valence-corrected chi connectivity index (χ0v) is 19.2. The van der Waals surface area contributed by atoms with Crippen molar-refractivity contribution in [3.63, 3.8) is 0 Å². The molecule has 3 heterocycles. The summed E-state index contributed by atoms with van der Waals surface area (Å²) in [6, 6.07) is 4.83. The molecular weight excluding hydrogens is 447 g/mol. The van der Waals surface area contributed by atoms with Crippen LogP contribution in [0.25, 0.3) is 0 Å². The number of likely N-dealkylation sites (tertiary alicyclic amines) is 1. The van der Waals surface area contributed by atoms with Gasteiger partial charge >= 0.3 is 0 Å². The first-order valence-electron chi connectivity index (χ1n) is 10.9. The fourth-order valence-corrected chi connectivity index (χ4v) is 5.54. The van der Waals surface area contributed by atoms with E-state index in [2.05, 4.69) is 4.90 Å². The summed E-state index contributed by atoms with van der Waals surface area (Å²) in [5.74, 6) is -2.81. The highest BCUT2D eigenvalue weighted by Crippen LogP contribution is 2.32. The molecule has 0 saturated carbocycles. The molecule has 3 saturated heterocycles. The van der Waals surface area contributed by atoms with E-state index in [1.165, 1.54) is 0 Å². The van der Waals surface area contributed by atoms with Crippen molar-refractivity contribution in [3.05, 3.63) is 33.8 Å². The minimum absolute atomic E-state index is 0.0117. The van der Waals surface area contributed by atoms with E-state index >= 15 is 0 Å². The number of hydrogen-bond acceptors (Lipinski definition) is 4. The Kier molecular flexibility index (Phi) is 7.08. The Balaban J connectivity index is 1.58. The fourth-order valence-electron chi connectivity index (χ4n) is 5.22. The SMILES string of the molecule is CC(F)(F)CN1CCN(C(=O)Cc2ccc(Cl)c(Cl)c2)C2C(N3CCCC3)COCC21. The molecule has 0 bridgehead atoms. The Labute approximate surface area is 192 Å². The molecular formula is C22H29Cl2F2N3O2. The number of amides is 1. The molecule has 3 atom stereocenters. The van der Waals surface area contributed by atoms with Gasteiger partial charge in [-0.25, -0.2) is 8.78 Å². The van der Waals surface area contributed by atoms with Crippen molar-refractivity contribution >= 4 is 29.1 Å². The van der Waals surface area contributed by atoms with Crippen molar-refractivity contribution < 1.29 is 18.3 Å². The minimum Gasteiger partial charge on any atom is -0.378 e. The Bertz CT molecular complexity index is 801. The highest BCUT2D eigenvalue weighted by atomic mass is 35.5. The highest BCUT2D eigenvalue weighted by Gasteiger charge is 2.49. The van der Waals surface area contributed by atoms with E-state index in [0.717, 1.165) is 38.4 Å². The zero-order valence-electron chi connectivity index (χ0n) is 17.7. The van der Waals surface area contributed by atoms with Crippen molar-refractivity contribution in [3.8, 4) is 0 Å². The second-order valence-corrected chi connectivity index (χ2v) is 9.77. The van der Waals surface area contributed by atoms with E-state index in [1.54, 1.807) is 18.2 Å². The number of alkyl halides is 2. The summed E-state index contributed by atoms with van der Waals surface area (Å²) < 4.78 is 33.6. The summed E-state index contributed by atoms with van der Waals surface area (Å²) in [7, 11) is 0. The summed E-state index contributed by atoms with van der Waals surface area (Å²) in [4.78, 5) is 19.5. The third-order valence-corrected chi connectivity index (χ3v) is 7.31. The summed E-state index contributed by atoms with van der Waals surface area (Å²) >= 11 is 12.1. The molecule has 1 aromatic carbocycles. The maximum Gasteiger partial charge on any atom is 0.257 e. The van der Waals surface area contributed by atoms with Crippen LogP contribution in [0.3, 0.4) is 0 Å². The lowest BCUT2D eigenvalue weighted by Gasteiger charge is -2.54. The van der Waals surface area contributed by atoms with Crippen molar-refractivity contribution in [2.75, 3.05) is 45.9 Å². The van der Waals surface area contributed by atoms with Gasteiger partial charge in [-0.05, 0) is 43.6 Å². The molecule has 0 aliphatic carbocycles. The van der Waals surface area contributed by atoms with Crippen LogP contribution in [0.4, 0.5) is 8.78 Å². The molecule has 3 unspecified atom stereocenters. The van der Waals surface area contributed by atoms with E-state index < -0.39 is 5.92 Å². The van der Waals surface area contributed by atoms with Crippen LogP contribution in [0.15, 0.2) is 18.2 Å². The molecule has 0 aromatic heterocycles. The third kappa shape index (κ3) is 5.33. The van der Waals surface area contributed by atoms with Gasteiger partial charge in [0.25, 0.3) is 5.92 Å². The van der Waals surface area contributed by atoms with Gasteiger partial charge in [-0.1, -0.05) is 29.3 Å². The lowest BCUT2D eigenvalue weighted by atomic mass is 9.90. The molecule has 0 N–H and O–H groups in total. The van der Waals surface area contributed by atoms with Crippen LogP contribution < -0.4 is 0 Å². The second kappa shape index (κ2) is 9.48. The first-order valence-corrected chi connectivity index (χ1v) is 11.7. The second-order valence-electron chi connectivity index (χ2n) is 8.96. The first-order chi connectivity index (χ1) is 14.7. The average Bonchev–Trinajstić information content (AvgIpc) is 3.24. The number of halogens is 4. The standard InChI is InChI=1S/C22H29Cl2F2N3O2/c1-22(25,26)14-28-8-9-29(20(30)11-15-4-5-16(23)17(24)10-15)21-18(12-31-13-19(21)28)27-6-2-3-7-27/h4-5,10,18-19,21H,2-3,6-9,11-14H2,1H3. The molecule has 3 fully saturated rings. The van der Waals surface area contributed by atoms with Gasteiger partial charge in [0, 0.05) is 20.0 Å². The minimum atomic E-state index is -2.79. The lowest BCUT2D eigenvalue weighted by Crippen LogP contribution is -2.72. The number of nitrogens with zero attached hydrogens (tertiary/aromatic N) is 3. The van der Waals surface area contributed by atoms with Gasteiger partial charge < -0.3 is 9.64 Å². The smallest absolute Gasteiger partial charge is 0.257 e. The van der Waals surface area contributed by atoms with E-state index in [0.29, 0.717) is 36.3 Å². The van der Waals surface area contributed by atoms with Crippen LogP contribution in [0.1, 0.15) is 25.3 Å². The Morgan fingerprint density at radius 1 is 1.10 bits per heavy atom.